The number of benzene rings is 1. The summed E-state index contributed by atoms with van der Waals surface area (Å²) >= 11 is 8.85. The van der Waals surface area contributed by atoms with Gasteiger partial charge in [-0.2, -0.15) is 0 Å². The summed E-state index contributed by atoms with van der Waals surface area (Å²) in [7, 11) is -3.97. The molecular formula is C12H15BrClFN2O2S. The van der Waals surface area contributed by atoms with Gasteiger partial charge in [-0.1, -0.05) is 18.5 Å². The fraction of sp³-hybridized carbons (Fsp3) is 0.500. The molecule has 3 N–H and O–H groups in total. The third kappa shape index (κ3) is 2.95. The van der Waals surface area contributed by atoms with Crippen molar-refractivity contribution in [3.05, 3.63) is 21.4 Å². The molecule has 0 aromatic heterocycles. The second-order valence-corrected chi connectivity index (χ2v) is 8.01. The van der Waals surface area contributed by atoms with Crippen molar-refractivity contribution in [3.63, 3.8) is 0 Å². The summed E-state index contributed by atoms with van der Waals surface area (Å²) in [6.45, 7) is 2.31. The molecule has 0 radical (unpaired) electrons. The zero-order valence-corrected chi connectivity index (χ0v) is 14.0. The molecule has 0 spiro atoms. The summed E-state index contributed by atoms with van der Waals surface area (Å²) in [5.41, 5.74) is 5.21. The quantitative estimate of drug-likeness (QED) is 0.603. The van der Waals surface area contributed by atoms with E-state index in [4.69, 9.17) is 17.3 Å². The number of sulfonamides is 1. The highest BCUT2D eigenvalue weighted by Crippen LogP contribution is 2.48. The second kappa shape index (κ2) is 5.44. The van der Waals surface area contributed by atoms with Crippen molar-refractivity contribution >= 4 is 43.2 Å². The van der Waals surface area contributed by atoms with E-state index in [0.29, 0.717) is 6.54 Å². The van der Waals surface area contributed by atoms with Gasteiger partial charge in [-0.25, -0.2) is 17.5 Å². The van der Waals surface area contributed by atoms with Crippen LogP contribution in [-0.4, -0.2) is 15.0 Å². The van der Waals surface area contributed by atoms with Crippen LogP contribution in [0.5, 0.6) is 0 Å². The Morgan fingerprint density at radius 3 is 2.65 bits per heavy atom. The highest BCUT2D eigenvalue weighted by atomic mass is 79.9. The first-order chi connectivity index (χ1) is 9.22. The van der Waals surface area contributed by atoms with Gasteiger partial charge in [0.15, 0.2) is 5.82 Å². The molecule has 1 aliphatic rings. The number of hydrogen-bond acceptors (Lipinski definition) is 3. The molecule has 1 aliphatic carbocycles. The Hall–Kier alpha value is -0.370. The van der Waals surface area contributed by atoms with Crippen LogP contribution in [0, 0.1) is 11.2 Å². The van der Waals surface area contributed by atoms with Gasteiger partial charge in [-0.15, -0.1) is 0 Å². The van der Waals surface area contributed by atoms with Crippen molar-refractivity contribution in [1.29, 1.82) is 0 Å². The summed E-state index contributed by atoms with van der Waals surface area (Å²) in [6, 6.07) is 1.06. The Morgan fingerprint density at radius 1 is 1.55 bits per heavy atom. The first-order valence-corrected chi connectivity index (χ1v) is 8.80. The lowest BCUT2D eigenvalue weighted by atomic mass is 10.1. The Bertz CT molecular complexity index is 647. The first-order valence-electron chi connectivity index (χ1n) is 6.15. The number of hydrogen-bond donors (Lipinski definition) is 2. The first kappa shape index (κ1) is 16.0. The van der Waals surface area contributed by atoms with E-state index in [1.165, 1.54) is 0 Å². The minimum Gasteiger partial charge on any atom is -0.395 e. The summed E-state index contributed by atoms with van der Waals surface area (Å²) in [4.78, 5) is -0.518. The number of anilines is 1. The lowest BCUT2D eigenvalue weighted by Gasteiger charge is -2.15. The van der Waals surface area contributed by atoms with Crippen LogP contribution >= 0.6 is 27.5 Å². The van der Waals surface area contributed by atoms with Gasteiger partial charge in [0.1, 0.15) is 4.90 Å². The van der Waals surface area contributed by atoms with E-state index in [1.54, 1.807) is 0 Å². The van der Waals surface area contributed by atoms with E-state index in [2.05, 4.69) is 20.7 Å². The maximum atomic E-state index is 14.0. The third-order valence-corrected chi connectivity index (χ3v) is 6.57. The molecule has 0 bridgehead atoms. The number of nitrogen functional groups attached to an aromatic ring is 1. The normalized spacial score (nSPS) is 17.2. The van der Waals surface area contributed by atoms with Crippen LogP contribution in [0.15, 0.2) is 15.4 Å². The van der Waals surface area contributed by atoms with Crippen molar-refractivity contribution in [2.24, 2.45) is 5.41 Å². The van der Waals surface area contributed by atoms with Crippen molar-refractivity contribution in [1.82, 2.24) is 4.72 Å². The van der Waals surface area contributed by atoms with Crippen LogP contribution in [0.2, 0.25) is 5.02 Å². The summed E-state index contributed by atoms with van der Waals surface area (Å²) < 4.78 is 41.0. The van der Waals surface area contributed by atoms with E-state index in [9.17, 15) is 12.8 Å². The minimum absolute atomic E-state index is 0.0221. The lowest BCUT2D eigenvalue weighted by molar-refractivity contribution is 0.473. The predicted octanol–water partition coefficient (Wildman–Crippen LogP) is 3.29. The molecule has 2 rings (SSSR count). The molecule has 0 saturated heterocycles. The molecular weight excluding hydrogens is 371 g/mol. The van der Waals surface area contributed by atoms with E-state index in [0.717, 1.165) is 25.3 Å². The Morgan fingerprint density at radius 2 is 2.15 bits per heavy atom. The molecule has 1 aromatic rings. The largest absolute Gasteiger partial charge is 0.395 e. The highest BCUT2D eigenvalue weighted by molar-refractivity contribution is 9.10. The Labute approximate surface area is 131 Å². The number of halogens is 3. The van der Waals surface area contributed by atoms with Gasteiger partial charge in [0.25, 0.3) is 0 Å². The van der Waals surface area contributed by atoms with Crippen molar-refractivity contribution in [2.75, 3.05) is 12.3 Å². The highest BCUT2D eigenvalue weighted by Gasteiger charge is 2.41. The van der Waals surface area contributed by atoms with Gasteiger partial charge in [0.2, 0.25) is 10.0 Å². The molecule has 0 unspecified atom stereocenters. The van der Waals surface area contributed by atoms with Gasteiger partial charge < -0.3 is 5.73 Å². The summed E-state index contributed by atoms with van der Waals surface area (Å²) in [5.74, 6) is -0.991. The minimum atomic E-state index is -3.97. The van der Waals surface area contributed by atoms with E-state index >= 15 is 0 Å². The maximum Gasteiger partial charge on any atom is 0.243 e. The molecule has 0 aliphatic heterocycles. The second-order valence-electron chi connectivity index (χ2n) is 5.08. The number of rotatable bonds is 5. The fourth-order valence-corrected chi connectivity index (χ4v) is 3.79. The van der Waals surface area contributed by atoms with Crippen LogP contribution in [0.25, 0.3) is 0 Å². The molecule has 0 amide bonds. The molecule has 0 heterocycles. The van der Waals surface area contributed by atoms with Gasteiger partial charge >= 0.3 is 0 Å². The molecule has 1 saturated carbocycles. The van der Waals surface area contributed by atoms with Crippen LogP contribution in [0.1, 0.15) is 26.2 Å². The van der Waals surface area contributed by atoms with Crippen LogP contribution < -0.4 is 10.5 Å². The molecule has 0 atom stereocenters. The maximum absolute atomic E-state index is 14.0. The average Bonchev–Trinajstić information content (AvgIpc) is 3.19. The lowest BCUT2D eigenvalue weighted by Crippen LogP contribution is -2.30. The SMILES string of the molecule is CCC1(CNS(=O)(=O)c2cc(Cl)c(Br)c(N)c2F)CC1. The predicted molar refractivity (Wildman–Crippen MR) is 80.7 cm³/mol. The topological polar surface area (TPSA) is 72.2 Å². The third-order valence-electron chi connectivity index (χ3n) is 3.79. The average molecular weight is 386 g/mol. The van der Waals surface area contributed by atoms with Gasteiger partial charge in [-0.05, 0) is 46.7 Å². The number of nitrogens with one attached hydrogen (secondary N) is 1. The Balaban J connectivity index is 2.30. The Kier molecular flexibility index (Phi) is 4.35. The number of nitrogens with two attached hydrogens (primary N) is 1. The monoisotopic (exact) mass is 384 g/mol. The molecule has 1 fully saturated rings. The van der Waals surface area contributed by atoms with Crippen molar-refractivity contribution in [3.8, 4) is 0 Å². The fourth-order valence-electron chi connectivity index (χ4n) is 1.95. The van der Waals surface area contributed by atoms with Crippen molar-refractivity contribution in [2.45, 2.75) is 31.1 Å². The van der Waals surface area contributed by atoms with Gasteiger partial charge in [-0.3, -0.25) is 0 Å². The molecule has 112 valence electrons. The van der Waals surface area contributed by atoms with E-state index < -0.39 is 20.7 Å². The smallest absolute Gasteiger partial charge is 0.243 e. The van der Waals surface area contributed by atoms with Gasteiger partial charge in [0.05, 0.1) is 15.2 Å². The van der Waals surface area contributed by atoms with Crippen LogP contribution in [0.4, 0.5) is 10.1 Å². The molecule has 1 aromatic carbocycles. The molecule has 4 nitrogen and oxygen atoms in total. The zero-order valence-electron chi connectivity index (χ0n) is 10.8. The zero-order chi connectivity index (χ0) is 15.1. The van der Waals surface area contributed by atoms with E-state index in [1.807, 2.05) is 6.92 Å². The van der Waals surface area contributed by atoms with Gasteiger partial charge in [0, 0.05) is 6.54 Å². The standard InChI is InChI=1S/C12H15BrClFN2O2S/c1-2-12(3-4-12)6-17-20(18,19)8-5-7(14)9(13)11(16)10(8)15/h5,17H,2-4,6,16H2,1H3. The van der Waals surface area contributed by atoms with Crippen molar-refractivity contribution < 1.29 is 12.8 Å². The van der Waals surface area contributed by atoms with E-state index in [-0.39, 0.29) is 20.6 Å². The van der Waals surface area contributed by atoms with Crippen LogP contribution in [-0.2, 0) is 10.0 Å². The summed E-state index contributed by atoms with van der Waals surface area (Å²) in [6.07, 6.45) is 2.86. The molecule has 8 heteroatoms. The molecule has 20 heavy (non-hydrogen) atoms. The summed E-state index contributed by atoms with van der Waals surface area (Å²) in [5, 5.41) is 0.0564. The van der Waals surface area contributed by atoms with Crippen LogP contribution in [0.3, 0.4) is 0 Å².